The lowest BCUT2D eigenvalue weighted by Gasteiger charge is -2.21. The van der Waals surface area contributed by atoms with E-state index in [0.29, 0.717) is 6.04 Å². The van der Waals surface area contributed by atoms with Crippen LogP contribution in [0.25, 0.3) is 0 Å². The molecule has 14 heavy (non-hydrogen) atoms. The van der Waals surface area contributed by atoms with Gasteiger partial charge in [-0.1, -0.05) is 0 Å². The van der Waals surface area contributed by atoms with Gasteiger partial charge in [0, 0.05) is 12.6 Å². The summed E-state index contributed by atoms with van der Waals surface area (Å²) < 4.78 is 0. The number of carboxylic acid groups (broad SMARTS) is 1. The van der Waals surface area contributed by atoms with Crippen molar-refractivity contribution in [2.45, 2.75) is 25.8 Å². The summed E-state index contributed by atoms with van der Waals surface area (Å²) in [5.74, 6) is -0.941. The maximum atomic E-state index is 11.5. The normalized spacial score (nSPS) is 21.2. The zero-order chi connectivity index (χ0) is 10.6. The maximum absolute atomic E-state index is 11.5. The summed E-state index contributed by atoms with van der Waals surface area (Å²) in [5.41, 5.74) is 0. The summed E-state index contributed by atoms with van der Waals surface area (Å²) in [6.45, 7) is 2.78. The van der Waals surface area contributed by atoms with Gasteiger partial charge < -0.3 is 10.0 Å². The Morgan fingerprint density at radius 1 is 1.50 bits per heavy atom. The van der Waals surface area contributed by atoms with E-state index in [1.165, 1.54) is 0 Å². The fourth-order valence-electron chi connectivity index (χ4n) is 1.68. The molecule has 1 heterocycles. The summed E-state index contributed by atoms with van der Waals surface area (Å²) in [6, 6.07) is 0.300. The van der Waals surface area contributed by atoms with Gasteiger partial charge in [-0.3, -0.25) is 14.9 Å². The summed E-state index contributed by atoms with van der Waals surface area (Å²) in [5, 5.41) is 10.9. The van der Waals surface area contributed by atoms with Gasteiger partial charge in [0.1, 0.15) is 0 Å². The van der Waals surface area contributed by atoms with E-state index in [4.69, 9.17) is 5.11 Å². The molecule has 1 fully saturated rings. The number of nitrogens with one attached hydrogen (secondary N) is 1. The Kier molecular flexibility index (Phi) is 3.88. The van der Waals surface area contributed by atoms with E-state index >= 15 is 0 Å². The van der Waals surface area contributed by atoms with Crippen molar-refractivity contribution in [3.63, 3.8) is 0 Å². The molecule has 2 N–H and O–H groups in total. The minimum Gasteiger partial charge on any atom is -0.480 e. The zero-order valence-electron chi connectivity index (χ0n) is 8.32. The van der Waals surface area contributed by atoms with Gasteiger partial charge in [0.05, 0.1) is 13.1 Å². The standard InChI is InChI=1S/C9H16N2O3/c1-7-3-2-4-11(7)8(12)5-10-6-9(13)14/h7,10H,2-6H2,1H3,(H,13,14)/t7-/m1/s1. The lowest BCUT2D eigenvalue weighted by atomic mass is 10.2. The van der Waals surface area contributed by atoms with Crippen LogP contribution < -0.4 is 5.32 Å². The Hall–Kier alpha value is -1.10. The quantitative estimate of drug-likeness (QED) is 0.652. The molecule has 0 bridgehead atoms. The number of carboxylic acids is 1. The Bertz CT molecular complexity index is 230. The summed E-state index contributed by atoms with van der Waals surface area (Å²) in [6.07, 6.45) is 2.09. The first-order valence-electron chi connectivity index (χ1n) is 4.83. The summed E-state index contributed by atoms with van der Waals surface area (Å²) in [7, 11) is 0. The summed E-state index contributed by atoms with van der Waals surface area (Å²) >= 11 is 0. The molecule has 1 saturated heterocycles. The Labute approximate surface area is 83.1 Å². The highest BCUT2D eigenvalue weighted by Crippen LogP contribution is 2.15. The van der Waals surface area contributed by atoms with Crippen LogP contribution in [0.15, 0.2) is 0 Å². The van der Waals surface area contributed by atoms with Gasteiger partial charge in [-0.2, -0.15) is 0 Å². The van der Waals surface area contributed by atoms with E-state index < -0.39 is 5.97 Å². The second-order valence-electron chi connectivity index (χ2n) is 3.58. The molecule has 1 rings (SSSR count). The van der Waals surface area contributed by atoms with Crippen LogP contribution in [0.3, 0.4) is 0 Å². The van der Waals surface area contributed by atoms with E-state index in [1.54, 1.807) is 4.90 Å². The van der Waals surface area contributed by atoms with Crippen molar-refractivity contribution in [1.82, 2.24) is 10.2 Å². The number of likely N-dealkylation sites (tertiary alicyclic amines) is 1. The van der Waals surface area contributed by atoms with E-state index in [-0.39, 0.29) is 19.0 Å². The van der Waals surface area contributed by atoms with E-state index in [2.05, 4.69) is 5.32 Å². The maximum Gasteiger partial charge on any atom is 0.317 e. The molecule has 0 aromatic heterocycles. The lowest BCUT2D eigenvalue weighted by Crippen LogP contribution is -2.41. The topological polar surface area (TPSA) is 69.6 Å². The fourth-order valence-corrected chi connectivity index (χ4v) is 1.68. The third-order valence-corrected chi connectivity index (χ3v) is 2.43. The van der Waals surface area contributed by atoms with Gasteiger partial charge in [0.25, 0.3) is 0 Å². The van der Waals surface area contributed by atoms with Crippen molar-refractivity contribution in [2.75, 3.05) is 19.6 Å². The molecule has 0 radical (unpaired) electrons. The highest BCUT2D eigenvalue weighted by Gasteiger charge is 2.24. The van der Waals surface area contributed by atoms with Gasteiger partial charge in [0.2, 0.25) is 5.91 Å². The number of carbonyl (C=O) groups is 2. The van der Waals surface area contributed by atoms with Crippen LogP contribution in [0.4, 0.5) is 0 Å². The molecule has 0 aromatic rings. The molecule has 5 nitrogen and oxygen atoms in total. The van der Waals surface area contributed by atoms with Gasteiger partial charge >= 0.3 is 5.97 Å². The van der Waals surface area contributed by atoms with Crippen molar-refractivity contribution >= 4 is 11.9 Å². The molecular weight excluding hydrogens is 184 g/mol. The first-order valence-corrected chi connectivity index (χ1v) is 4.83. The van der Waals surface area contributed by atoms with Crippen LogP contribution in [-0.4, -0.2) is 47.6 Å². The van der Waals surface area contributed by atoms with Crippen LogP contribution in [0.5, 0.6) is 0 Å². The molecule has 0 aromatic carbocycles. The van der Waals surface area contributed by atoms with Crippen molar-refractivity contribution in [3.8, 4) is 0 Å². The molecule has 0 spiro atoms. The molecule has 0 unspecified atom stereocenters. The van der Waals surface area contributed by atoms with Crippen LogP contribution in [0.2, 0.25) is 0 Å². The predicted octanol–water partition coefficient (Wildman–Crippen LogP) is -0.328. The molecular formula is C9H16N2O3. The third kappa shape index (κ3) is 2.99. The van der Waals surface area contributed by atoms with E-state index in [9.17, 15) is 9.59 Å². The van der Waals surface area contributed by atoms with Crippen molar-refractivity contribution in [3.05, 3.63) is 0 Å². The minimum absolute atomic E-state index is 0.00347. The number of amides is 1. The molecule has 80 valence electrons. The summed E-state index contributed by atoms with van der Waals surface area (Å²) in [4.78, 5) is 23.5. The van der Waals surface area contributed by atoms with Crippen LogP contribution in [0, 0.1) is 0 Å². The van der Waals surface area contributed by atoms with Crippen LogP contribution in [-0.2, 0) is 9.59 Å². The number of hydrogen-bond donors (Lipinski definition) is 2. The van der Waals surface area contributed by atoms with Gasteiger partial charge in [-0.05, 0) is 19.8 Å². The minimum atomic E-state index is -0.938. The first-order chi connectivity index (χ1) is 6.61. The average Bonchev–Trinajstić information content (AvgIpc) is 2.50. The fraction of sp³-hybridized carbons (Fsp3) is 0.778. The van der Waals surface area contributed by atoms with E-state index in [1.807, 2.05) is 6.92 Å². The number of aliphatic carboxylic acids is 1. The largest absolute Gasteiger partial charge is 0.480 e. The molecule has 5 heteroatoms. The zero-order valence-corrected chi connectivity index (χ0v) is 8.32. The molecule has 0 saturated carbocycles. The number of rotatable bonds is 4. The molecule has 1 atom stereocenters. The Balaban J connectivity index is 2.24. The molecule has 1 amide bonds. The van der Waals surface area contributed by atoms with Gasteiger partial charge in [-0.25, -0.2) is 0 Å². The number of carbonyl (C=O) groups excluding carboxylic acids is 1. The molecule has 1 aliphatic rings. The predicted molar refractivity (Wildman–Crippen MR) is 50.9 cm³/mol. The second-order valence-corrected chi connectivity index (χ2v) is 3.58. The average molecular weight is 200 g/mol. The third-order valence-electron chi connectivity index (χ3n) is 2.43. The Morgan fingerprint density at radius 3 is 2.71 bits per heavy atom. The number of hydrogen-bond acceptors (Lipinski definition) is 3. The smallest absolute Gasteiger partial charge is 0.317 e. The van der Waals surface area contributed by atoms with Gasteiger partial charge in [0.15, 0.2) is 0 Å². The Morgan fingerprint density at radius 2 is 2.21 bits per heavy atom. The molecule has 0 aliphatic carbocycles. The second kappa shape index (κ2) is 4.95. The van der Waals surface area contributed by atoms with Crippen LogP contribution in [0.1, 0.15) is 19.8 Å². The molecule has 1 aliphatic heterocycles. The first kappa shape index (κ1) is 11.0. The van der Waals surface area contributed by atoms with Crippen LogP contribution >= 0.6 is 0 Å². The number of nitrogens with zero attached hydrogens (tertiary/aromatic N) is 1. The van der Waals surface area contributed by atoms with Crippen molar-refractivity contribution in [1.29, 1.82) is 0 Å². The highest BCUT2D eigenvalue weighted by molar-refractivity contribution is 5.79. The van der Waals surface area contributed by atoms with Gasteiger partial charge in [-0.15, -0.1) is 0 Å². The van der Waals surface area contributed by atoms with E-state index in [0.717, 1.165) is 19.4 Å². The van der Waals surface area contributed by atoms with Crippen molar-refractivity contribution < 1.29 is 14.7 Å². The monoisotopic (exact) mass is 200 g/mol. The van der Waals surface area contributed by atoms with Crippen molar-refractivity contribution in [2.24, 2.45) is 0 Å². The highest BCUT2D eigenvalue weighted by atomic mass is 16.4. The SMILES string of the molecule is C[C@@H]1CCCN1C(=O)CNCC(=O)O. The lowest BCUT2D eigenvalue weighted by molar-refractivity contribution is -0.136.